The number of rotatable bonds is 2. The van der Waals surface area contributed by atoms with Gasteiger partial charge in [0.15, 0.2) is 0 Å². The molecule has 1 fully saturated rings. The fraction of sp³-hybridized carbons (Fsp3) is 0.857. The highest BCUT2D eigenvalue weighted by Gasteiger charge is 2.28. The number of hydrogen-bond donors (Lipinski definition) is 2. The van der Waals surface area contributed by atoms with Gasteiger partial charge in [0.05, 0.1) is 0 Å². The van der Waals surface area contributed by atoms with Gasteiger partial charge in [-0.25, -0.2) is 0 Å². The predicted molar refractivity (Wildman–Crippen MR) is 42.9 cm³/mol. The van der Waals surface area contributed by atoms with E-state index in [2.05, 4.69) is 0 Å². The highest BCUT2D eigenvalue weighted by Crippen LogP contribution is 2.15. The van der Waals surface area contributed by atoms with Gasteiger partial charge < -0.3 is 11.3 Å². The summed E-state index contributed by atoms with van der Waals surface area (Å²) in [5.41, 5.74) is 0. The molecule has 0 aliphatic carbocycles. The summed E-state index contributed by atoms with van der Waals surface area (Å²) in [5, 5.41) is 8.67. The number of carboxylic acids is 1. The van der Waals surface area contributed by atoms with Gasteiger partial charge in [0.2, 0.25) is 0 Å². The first-order valence-corrected chi connectivity index (χ1v) is 3.72. The standard InChI is InChI=1S/C7H13NO2.H3N/c1-2-8-5-3-4-6(8)7(9)10;/h6H,2-5H2,1H3,(H,9,10);1H3. The number of aliphatic carboxylic acids is 1. The summed E-state index contributed by atoms with van der Waals surface area (Å²) in [4.78, 5) is 12.5. The van der Waals surface area contributed by atoms with Gasteiger partial charge in [-0.05, 0) is 25.9 Å². The summed E-state index contributed by atoms with van der Waals surface area (Å²) in [6.45, 7) is 3.81. The van der Waals surface area contributed by atoms with Crippen LogP contribution in [-0.4, -0.2) is 35.1 Å². The monoisotopic (exact) mass is 160 g/mol. The molecule has 0 aromatic carbocycles. The Morgan fingerprint density at radius 3 is 2.73 bits per heavy atom. The lowest BCUT2D eigenvalue weighted by molar-refractivity contribution is -0.142. The van der Waals surface area contributed by atoms with Crippen molar-refractivity contribution in [2.45, 2.75) is 25.8 Å². The highest BCUT2D eigenvalue weighted by molar-refractivity contribution is 5.73. The van der Waals surface area contributed by atoms with Crippen molar-refractivity contribution >= 4 is 5.97 Å². The summed E-state index contributed by atoms with van der Waals surface area (Å²) < 4.78 is 0. The number of likely N-dealkylation sites (tertiary alicyclic amines) is 1. The number of carboxylic acid groups (broad SMARTS) is 1. The summed E-state index contributed by atoms with van der Waals surface area (Å²) in [7, 11) is 0. The van der Waals surface area contributed by atoms with E-state index in [1.165, 1.54) is 0 Å². The van der Waals surface area contributed by atoms with Gasteiger partial charge in [-0.15, -0.1) is 0 Å². The molecule has 1 atom stereocenters. The van der Waals surface area contributed by atoms with E-state index in [-0.39, 0.29) is 12.2 Å². The van der Waals surface area contributed by atoms with Crippen molar-refractivity contribution < 1.29 is 9.90 Å². The minimum absolute atomic E-state index is 0. The van der Waals surface area contributed by atoms with Crippen molar-refractivity contribution in [3.8, 4) is 0 Å². The molecule has 0 saturated carbocycles. The van der Waals surface area contributed by atoms with E-state index in [1.54, 1.807) is 0 Å². The van der Waals surface area contributed by atoms with Crippen molar-refractivity contribution in [2.75, 3.05) is 13.1 Å². The maximum absolute atomic E-state index is 10.5. The van der Waals surface area contributed by atoms with Crippen LogP contribution in [0.25, 0.3) is 0 Å². The zero-order valence-electron chi connectivity index (χ0n) is 6.92. The Labute approximate surface area is 66.8 Å². The van der Waals surface area contributed by atoms with Crippen LogP contribution in [0.1, 0.15) is 19.8 Å². The molecule has 4 nitrogen and oxygen atoms in total. The number of nitrogens with zero attached hydrogens (tertiary/aromatic N) is 1. The summed E-state index contributed by atoms with van der Waals surface area (Å²) in [6.07, 6.45) is 1.86. The van der Waals surface area contributed by atoms with Crippen LogP contribution in [0.15, 0.2) is 0 Å². The SMILES string of the molecule is CCN1CCCC1C(=O)O.N. The van der Waals surface area contributed by atoms with Gasteiger partial charge in [-0.3, -0.25) is 9.69 Å². The Bertz CT molecular complexity index is 138. The third kappa shape index (κ3) is 2.17. The largest absolute Gasteiger partial charge is 0.480 e. The molecule has 11 heavy (non-hydrogen) atoms. The maximum Gasteiger partial charge on any atom is 0.320 e. The molecular weight excluding hydrogens is 144 g/mol. The van der Waals surface area contributed by atoms with Crippen LogP contribution in [0, 0.1) is 0 Å². The van der Waals surface area contributed by atoms with Gasteiger partial charge in [0.1, 0.15) is 6.04 Å². The Kier molecular flexibility index (Phi) is 4.07. The van der Waals surface area contributed by atoms with Crippen molar-refractivity contribution in [1.82, 2.24) is 11.1 Å². The topological polar surface area (TPSA) is 75.5 Å². The van der Waals surface area contributed by atoms with E-state index in [9.17, 15) is 4.79 Å². The smallest absolute Gasteiger partial charge is 0.320 e. The molecular formula is C7H16N2O2. The highest BCUT2D eigenvalue weighted by atomic mass is 16.4. The average Bonchev–Trinajstić information content (AvgIpc) is 2.33. The number of likely N-dealkylation sites (N-methyl/N-ethyl adjacent to an activating group) is 1. The van der Waals surface area contributed by atoms with E-state index < -0.39 is 5.97 Å². The molecule has 0 bridgehead atoms. The fourth-order valence-electron chi connectivity index (χ4n) is 1.48. The van der Waals surface area contributed by atoms with Crippen LogP contribution in [0.4, 0.5) is 0 Å². The van der Waals surface area contributed by atoms with Crippen LogP contribution in [0.5, 0.6) is 0 Å². The molecule has 1 aliphatic rings. The van der Waals surface area contributed by atoms with E-state index >= 15 is 0 Å². The van der Waals surface area contributed by atoms with E-state index in [1.807, 2.05) is 11.8 Å². The summed E-state index contributed by atoms with van der Waals surface area (Å²) >= 11 is 0. The molecule has 1 unspecified atom stereocenters. The third-order valence-electron chi connectivity index (χ3n) is 2.05. The minimum atomic E-state index is -0.667. The molecule has 4 N–H and O–H groups in total. The third-order valence-corrected chi connectivity index (χ3v) is 2.05. The second-order valence-electron chi connectivity index (χ2n) is 2.62. The Hall–Kier alpha value is -0.610. The lowest BCUT2D eigenvalue weighted by atomic mass is 10.2. The summed E-state index contributed by atoms with van der Waals surface area (Å²) in [5.74, 6) is -0.667. The first kappa shape index (κ1) is 10.4. The van der Waals surface area contributed by atoms with Crippen molar-refractivity contribution in [1.29, 1.82) is 0 Å². The Balaban J connectivity index is 0.000001000. The molecule has 1 aliphatic heterocycles. The quantitative estimate of drug-likeness (QED) is 0.624. The van der Waals surface area contributed by atoms with Gasteiger partial charge in [-0.1, -0.05) is 6.92 Å². The lowest BCUT2D eigenvalue weighted by Crippen LogP contribution is -2.35. The molecule has 0 radical (unpaired) electrons. The number of hydrogen-bond acceptors (Lipinski definition) is 3. The Morgan fingerprint density at radius 2 is 2.36 bits per heavy atom. The van der Waals surface area contributed by atoms with Gasteiger partial charge in [0.25, 0.3) is 0 Å². The van der Waals surface area contributed by atoms with Crippen LogP contribution in [-0.2, 0) is 4.79 Å². The molecule has 0 aromatic rings. The van der Waals surface area contributed by atoms with Crippen LogP contribution in [0.3, 0.4) is 0 Å². The van der Waals surface area contributed by atoms with E-state index in [4.69, 9.17) is 5.11 Å². The molecule has 1 heterocycles. The van der Waals surface area contributed by atoms with E-state index in [0.717, 1.165) is 25.9 Å². The molecule has 4 heteroatoms. The van der Waals surface area contributed by atoms with Crippen molar-refractivity contribution in [3.05, 3.63) is 0 Å². The van der Waals surface area contributed by atoms with Gasteiger partial charge in [0, 0.05) is 0 Å². The molecule has 1 saturated heterocycles. The predicted octanol–water partition coefficient (Wildman–Crippen LogP) is 0.717. The molecule has 0 aromatic heterocycles. The summed E-state index contributed by atoms with van der Waals surface area (Å²) in [6, 6.07) is -0.204. The van der Waals surface area contributed by atoms with Crippen molar-refractivity contribution in [3.63, 3.8) is 0 Å². The minimum Gasteiger partial charge on any atom is -0.480 e. The molecule has 0 spiro atoms. The lowest BCUT2D eigenvalue weighted by Gasteiger charge is -2.17. The average molecular weight is 160 g/mol. The Morgan fingerprint density at radius 1 is 1.73 bits per heavy atom. The molecule has 0 amide bonds. The molecule has 1 rings (SSSR count). The maximum atomic E-state index is 10.5. The van der Waals surface area contributed by atoms with Gasteiger partial charge in [-0.2, -0.15) is 0 Å². The zero-order chi connectivity index (χ0) is 7.56. The normalized spacial score (nSPS) is 24.6. The van der Waals surface area contributed by atoms with Gasteiger partial charge >= 0.3 is 5.97 Å². The molecule has 66 valence electrons. The first-order chi connectivity index (χ1) is 4.75. The second kappa shape index (κ2) is 4.31. The number of carbonyl (C=O) groups is 1. The van der Waals surface area contributed by atoms with Crippen LogP contribution in [0.2, 0.25) is 0 Å². The first-order valence-electron chi connectivity index (χ1n) is 3.72. The zero-order valence-corrected chi connectivity index (χ0v) is 6.92. The van der Waals surface area contributed by atoms with Crippen molar-refractivity contribution in [2.24, 2.45) is 0 Å². The van der Waals surface area contributed by atoms with Crippen LogP contribution < -0.4 is 6.15 Å². The van der Waals surface area contributed by atoms with E-state index in [0.29, 0.717) is 0 Å². The second-order valence-corrected chi connectivity index (χ2v) is 2.62. The fourth-order valence-corrected chi connectivity index (χ4v) is 1.48. The van der Waals surface area contributed by atoms with Crippen LogP contribution >= 0.6 is 0 Å².